The van der Waals surface area contributed by atoms with Gasteiger partial charge < -0.3 is 15.6 Å². The van der Waals surface area contributed by atoms with Gasteiger partial charge in [0.25, 0.3) is 0 Å². The first-order valence-corrected chi connectivity index (χ1v) is 13.6. The van der Waals surface area contributed by atoms with E-state index in [2.05, 4.69) is 52.1 Å². The number of nitrogens with one attached hydrogen (secondary N) is 3. The lowest BCUT2D eigenvalue weighted by atomic mass is 9.49. The van der Waals surface area contributed by atoms with Crippen LogP contribution in [-0.4, -0.2) is 22.4 Å². The fourth-order valence-electron chi connectivity index (χ4n) is 8.07. The summed E-state index contributed by atoms with van der Waals surface area (Å²) in [6.45, 7) is 0.772. The van der Waals surface area contributed by atoms with E-state index in [9.17, 15) is 4.79 Å². The molecule has 184 valence electrons. The molecule has 2 aromatic carbocycles. The highest BCUT2D eigenvalue weighted by atomic mass is 16.1. The molecule has 4 saturated carbocycles. The van der Waals surface area contributed by atoms with E-state index in [-0.39, 0.29) is 11.3 Å². The lowest BCUT2D eigenvalue weighted by Gasteiger charge is -2.56. The van der Waals surface area contributed by atoms with E-state index >= 15 is 0 Å². The van der Waals surface area contributed by atoms with Crippen LogP contribution in [0.5, 0.6) is 0 Å². The maximum Gasteiger partial charge on any atom is 0.224 e. The normalized spacial score (nSPS) is 26.5. The Kier molecular flexibility index (Phi) is 5.26. The molecule has 2 aromatic heterocycles. The van der Waals surface area contributed by atoms with Crippen LogP contribution in [0.2, 0.25) is 0 Å². The third kappa shape index (κ3) is 4.04. The first-order chi connectivity index (χ1) is 17.6. The molecule has 8 rings (SSSR count). The number of hydrogen-bond acceptors (Lipinski definition) is 3. The molecule has 4 fully saturated rings. The van der Waals surface area contributed by atoms with Gasteiger partial charge in [-0.05, 0) is 85.8 Å². The smallest absolute Gasteiger partial charge is 0.224 e. The molecule has 4 bridgehead atoms. The summed E-state index contributed by atoms with van der Waals surface area (Å²) < 4.78 is 0. The second-order valence-electron chi connectivity index (χ2n) is 11.8. The van der Waals surface area contributed by atoms with Crippen molar-refractivity contribution in [2.24, 2.45) is 23.2 Å². The maximum absolute atomic E-state index is 13.4. The number of aromatic amines is 1. The quantitative estimate of drug-likeness (QED) is 0.270. The number of carbonyl (C=O) groups excluding carboxylic acids is 1. The summed E-state index contributed by atoms with van der Waals surface area (Å²) >= 11 is 0. The summed E-state index contributed by atoms with van der Waals surface area (Å²) in [6.07, 6.45) is 11.6. The van der Waals surface area contributed by atoms with E-state index in [1.165, 1.54) is 55.0 Å². The van der Waals surface area contributed by atoms with Crippen LogP contribution in [0.3, 0.4) is 0 Å². The molecule has 3 N–H and O–H groups in total. The maximum atomic E-state index is 13.4. The number of benzene rings is 2. The molecule has 4 aliphatic carbocycles. The van der Waals surface area contributed by atoms with E-state index < -0.39 is 0 Å². The van der Waals surface area contributed by atoms with Gasteiger partial charge in [-0.25, -0.2) is 4.98 Å². The number of amides is 1. The van der Waals surface area contributed by atoms with E-state index in [0.29, 0.717) is 6.42 Å². The minimum atomic E-state index is 0.165. The molecule has 0 saturated heterocycles. The van der Waals surface area contributed by atoms with Crippen molar-refractivity contribution in [3.8, 4) is 0 Å². The number of anilines is 2. The second-order valence-corrected chi connectivity index (χ2v) is 11.8. The molecule has 1 amide bonds. The zero-order valence-corrected chi connectivity index (χ0v) is 20.7. The number of carbonyl (C=O) groups is 1. The van der Waals surface area contributed by atoms with E-state index in [1.54, 1.807) is 0 Å². The van der Waals surface area contributed by atoms with Gasteiger partial charge in [0.2, 0.25) is 5.91 Å². The molecule has 5 heteroatoms. The number of nitrogens with zero attached hydrogens (tertiary/aromatic N) is 1. The molecule has 0 aliphatic heterocycles. The lowest BCUT2D eigenvalue weighted by Crippen LogP contribution is -2.47. The van der Waals surface area contributed by atoms with Crippen LogP contribution in [0.1, 0.15) is 50.5 Å². The molecule has 2 heterocycles. The number of para-hydroxylation sites is 2. The van der Waals surface area contributed by atoms with Gasteiger partial charge in [0.15, 0.2) is 0 Å². The van der Waals surface area contributed by atoms with Crippen LogP contribution in [-0.2, 0) is 11.2 Å². The highest BCUT2D eigenvalue weighted by Gasteiger charge is 2.51. The molecule has 4 aromatic rings. The van der Waals surface area contributed by atoms with Gasteiger partial charge in [0.05, 0.1) is 11.2 Å². The van der Waals surface area contributed by atoms with Crippen LogP contribution < -0.4 is 10.6 Å². The van der Waals surface area contributed by atoms with Gasteiger partial charge in [-0.2, -0.15) is 0 Å². The van der Waals surface area contributed by atoms with Crippen molar-refractivity contribution in [2.75, 3.05) is 17.2 Å². The number of H-pyrrole nitrogens is 1. The molecule has 0 spiro atoms. The van der Waals surface area contributed by atoms with Crippen molar-refractivity contribution in [1.29, 1.82) is 0 Å². The monoisotopic (exact) mass is 478 g/mol. The third-order valence-corrected chi connectivity index (χ3v) is 9.07. The number of rotatable bonds is 7. The molecule has 36 heavy (non-hydrogen) atoms. The van der Waals surface area contributed by atoms with Crippen LogP contribution in [0.4, 0.5) is 11.5 Å². The second kappa shape index (κ2) is 8.65. The van der Waals surface area contributed by atoms with Gasteiger partial charge >= 0.3 is 0 Å². The Morgan fingerprint density at radius 1 is 0.944 bits per heavy atom. The highest BCUT2D eigenvalue weighted by Crippen LogP contribution is 2.61. The van der Waals surface area contributed by atoms with Crippen LogP contribution >= 0.6 is 0 Å². The summed E-state index contributed by atoms with van der Waals surface area (Å²) in [7, 11) is 0. The first-order valence-electron chi connectivity index (χ1n) is 13.6. The van der Waals surface area contributed by atoms with Crippen LogP contribution in [0.15, 0.2) is 60.8 Å². The number of aromatic nitrogens is 2. The zero-order valence-electron chi connectivity index (χ0n) is 20.7. The molecule has 4 aliphatic rings. The van der Waals surface area contributed by atoms with Crippen molar-refractivity contribution >= 4 is 39.2 Å². The molecule has 5 nitrogen and oxygen atoms in total. The van der Waals surface area contributed by atoms with Crippen molar-refractivity contribution in [3.05, 3.63) is 66.4 Å². The Morgan fingerprint density at radius 2 is 1.64 bits per heavy atom. The zero-order chi connectivity index (χ0) is 24.1. The minimum absolute atomic E-state index is 0.165. The number of pyridine rings is 1. The fraction of sp³-hybridized carbons (Fsp3) is 0.419. The Balaban J connectivity index is 1.08. The number of hydrogen-bond donors (Lipinski definition) is 3. The Morgan fingerprint density at radius 3 is 2.42 bits per heavy atom. The van der Waals surface area contributed by atoms with E-state index in [1.807, 2.05) is 24.3 Å². The summed E-state index contributed by atoms with van der Waals surface area (Å²) in [4.78, 5) is 21.6. The molecular formula is C31H34N4O. The predicted molar refractivity (Wildman–Crippen MR) is 146 cm³/mol. The molecule has 0 atom stereocenters. The Labute approximate surface area is 212 Å². The summed E-state index contributed by atoms with van der Waals surface area (Å²) in [5.41, 5.74) is 4.47. The Hall–Kier alpha value is -3.34. The van der Waals surface area contributed by atoms with Gasteiger partial charge in [0, 0.05) is 41.5 Å². The van der Waals surface area contributed by atoms with Gasteiger partial charge in [-0.15, -0.1) is 0 Å². The third-order valence-electron chi connectivity index (χ3n) is 9.07. The summed E-state index contributed by atoms with van der Waals surface area (Å²) in [6, 6.07) is 18.5. The van der Waals surface area contributed by atoms with Crippen molar-refractivity contribution < 1.29 is 4.79 Å². The SMILES string of the molecule is O=C(CC12CC3CC(CC(C3)C1)C2)Nc1cc(NCCc2c[nH]c3ccccc23)nc2ccccc12. The van der Waals surface area contributed by atoms with E-state index in [0.717, 1.165) is 53.1 Å². The topological polar surface area (TPSA) is 69.8 Å². The van der Waals surface area contributed by atoms with Crippen LogP contribution in [0, 0.1) is 23.2 Å². The predicted octanol–water partition coefficient (Wildman–Crippen LogP) is 6.92. The largest absolute Gasteiger partial charge is 0.370 e. The molecular weight excluding hydrogens is 444 g/mol. The van der Waals surface area contributed by atoms with Crippen LogP contribution in [0.25, 0.3) is 21.8 Å². The van der Waals surface area contributed by atoms with Gasteiger partial charge in [0.1, 0.15) is 5.82 Å². The standard InChI is InChI=1S/C31H34N4O/c36-30(18-31-15-20-11-21(16-31)13-22(12-20)17-31)35-28-14-29(34-27-8-4-2-6-25(27)28)32-10-9-23-19-33-26-7-3-1-5-24(23)26/h1-8,14,19-22,33H,9-13,15-18H2,(H2,32,34,35,36). The summed E-state index contributed by atoms with van der Waals surface area (Å²) in [5, 5.41) is 9.07. The molecule has 0 unspecified atom stereocenters. The van der Waals surface area contributed by atoms with Crippen molar-refractivity contribution in [3.63, 3.8) is 0 Å². The van der Waals surface area contributed by atoms with Crippen molar-refractivity contribution in [1.82, 2.24) is 9.97 Å². The van der Waals surface area contributed by atoms with Crippen molar-refractivity contribution in [2.45, 2.75) is 51.4 Å². The lowest BCUT2D eigenvalue weighted by molar-refractivity contribution is -0.124. The fourth-order valence-corrected chi connectivity index (χ4v) is 8.07. The average Bonchev–Trinajstić information content (AvgIpc) is 3.26. The average molecular weight is 479 g/mol. The minimum Gasteiger partial charge on any atom is -0.370 e. The molecule has 0 radical (unpaired) electrons. The van der Waals surface area contributed by atoms with Gasteiger partial charge in [-0.1, -0.05) is 36.4 Å². The summed E-state index contributed by atoms with van der Waals surface area (Å²) in [5.74, 6) is 3.55. The number of fused-ring (bicyclic) bond motifs is 2. The Bertz CT molecular complexity index is 1400. The van der Waals surface area contributed by atoms with Gasteiger partial charge in [-0.3, -0.25) is 4.79 Å². The first kappa shape index (κ1) is 21.9. The van der Waals surface area contributed by atoms with E-state index in [4.69, 9.17) is 4.98 Å². The highest BCUT2D eigenvalue weighted by molar-refractivity contribution is 6.02.